The van der Waals surface area contributed by atoms with Crippen molar-refractivity contribution in [2.45, 2.75) is 12.7 Å². The second kappa shape index (κ2) is 6.79. The van der Waals surface area contributed by atoms with Crippen LogP contribution in [0.25, 0.3) is 0 Å². The lowest BCUT2D eigenvalue weighted by molar-refractivity contribution is -0.0533. The van der Waals surface area contributed by atoms with Gasteiger partial charge in [-0.1, -0.05) is 17.7 Å². The Balaban J connectivity index is 1.91. The third-order valence-corrected chi connectivity index (χ3v) is 3.97. The van der Waals surface area contributed by atoms with E-state index in [-0.39, 0.29) is 17.2 Å². The molecule has 0 saturated heterocycles. The van der Waals surface area contributed by atoms with Crippen molar-refractivity contribution >= 4 is 17.5 Å². The summed E-state index contributed by atoms with van der Waals surface area (Å²) in [6, 6.07) is 4.68. The van der Waals surface area contributed by atoms with Gasteiger partial charge in [0, 0.05) is 24.9 Å². The molecule has 25 heavy (non-hydrogen) atoms. The minimum absolute atomic E-state index is 0.100. The van der Waals surface area contributed by atoms with Crippen molar-refractivity contribution in [1.29, 1.82) is 0 Å². The maximum Gasteiger partial charge on any atom is 0.388 e. The van der Waals surface area contributed by atoms with Crippen LogP contribution in [0, 0.1) is 5.82 Å². The number of rotatable bonds is 4. The Morgan fingerprint density at radius 2 is 2.20 bits per heavy atom. The molecule has 0 saturated carbocycles. The van der Waals surface area contributed by atoms with Gasteiger partial charge in [-0.2, -0.15) is 8.78 Å². The van der Waals surface area contributed by atoms with Crippen LogP contribution in [-0.2, 0) is 0 Å². The van der Waals surface area contributed by atoms with Crippen LogP contribution in [0.15, 0.2) is 30.5 Å². The van der Waals surface area contributed by atoms with Gasteiger partial charge in [0.2, 0.25) is 5.88 Å². The highest BCUT2D eigenvalue weighted by atomic mass is 35.5. The van der Waals surface area contributed by atoms with Gasteiger partial charge in [0.25, 0.3) is 5.91 Å². The minimum atomic E-state index is -3.14. The summed E-state index contributed by atoms with van der Waals surface area (Å²) in [5.41, 5.74) is 0.412. The van der Waals surface area contributed by atoms with Gasteiger partial charge in [-0.3, -0.25) is 4.79 Å². The maximum atomic E-state index is 13.3. The number of aromatic nitrogens is 1. The van der Waals surface area contributed by atoms with Crippen LogP contribution in [0.1, 0.15) is 22.0 Å². The number of carbonyl (C=O) groups excluding carboxylic acids is 1. The monoisotopic (exact) mass is 372 g/mol. The van der Waals surface area contributed by atoms with Crippen molar-refractivity contribution in [3.8, 4) is 11.6 Å². The molecular weight excluding hydrogens is 361 g/mol. The summed E-state index contributed by atoms with van der Waals surface area (Å²) >= 11 is 5.82. The number of benzene rings is 1. The van der Waals surface area contributed by atoms with Crippen LogP contribution in [0.3, 0.4) is 0 Å². The molecule has 9 heteroatoms. The Hall–Kier alpha value is -2.48. The summed E-state index contributed by atoms with van der Waals surface area (Å²) in [6.07, 6.45) is 1.10. The minimum Gasteiger partial charge on any atom is -0.491 e. The second-order valence-electron chi connectivity index (χ2n) is 5.31. The summed E-state index contributed by atoms with van der Waals surface area (Å²) in [4.78, 5) is 17.7. The van der Waals surface area contributed by atoms with Crippen molar-refractivity contribution in [2.75, 3.05) is 13.7 Å². The number of hydrogen-bond donors (Lipinski definition) is 0. The van der Waals surface area contributed by atoms with Crippen molar-refractivity contribution in [2.24, 2.45) is 0 Å². The van der Waals surface area contributed by atoms with E-state index in [2.05, 4.69) is 9.72 Å². The Morgan fingerprint density at radius 1 is 1.44 bits per heavy atom. The fraction of sp³-hybridized carbons (Fsp3) is 0.250. The van der Waals surface area contributed by atoms with Crippen molar-refractivity contribution < 1.29 is 27.4 Å². The first-order chi connectivity index (χ1) is 11.9. The van der Waals surface area contributed by atoms with Crippen LogP contribution < -0.4 is 9.47 Å². The molecule has 1 amide bonds. The molecule has 1 aromatic heterocycles. The van der Waals surface area contributed by atoms with E-state index < -0.39 is 30.3 Å². The average Bonchev–Trinajstić information content (AvgIpc) is 2.97. The van der Waals surface area contributed by atoms with Crippen molar-refractivity contribution in [3.05, 3.63) is 52.4 Å². The smallest absolute Gasteiger partial charge is 0.388 e. The van der Waals surface area contributed by atoms with Crippen molar-refractivity contribution in [1.82, 2.24) is 9.88 Å². The van der Waals surface area contributed by atoms with E-state index in [0.29, 0.717) is 11.3 Å². The van der Waals surface area contributed by atoms with E-state index in [1.165, 1.54) is 36.2 Å². The average molecular weight is 373 g/mol. The van der Waals surface area contributed by atoms with Crippen LogP contribution in [0.2, 0.25) is 5.02 Å². The molecule has 0 spiro atoms. The molecule has 0 N–H and O–H groups in total. The lowest BCUT2D eigenvalue weighted by Crippen LogP contribution is -2.32. The zero-order chi connectivity index (χ0) is 18.1. The van der Waals surface area contributed by atoms with Crippen LogP contribution in [-0.4, -0.2) is 36.1 Å². The SMILES string of the molecule is CN(C(=O)c1cc(Cl)cnc1OC(F)F)C1COc2cc(F)ccc21. The fourth-order valence-corrected chi connectivity index (χ4v) is 2.74. The number of carbonyl (C=O) groups is 1. The molecule has 0 bridgehead atoms. The summed E-state index contributed by atoms with van der Waals surface area (Å²) in [5, 5.41) is 0.100. The predicted octanol–water partition coefficient (Wildman–Crippen LogP) is 3.68. The van der Waals surface area contributed by atoms with E-state index >= 15 is 0 Å². The van der Waals surface area contributed by atoms with Gasteiger partial charge in [-0.05, 0) is 12.1 Å². The molecule has 1 aliphatic heterocycles. The highest BCUT2D eigenvalue weighted by Crippen LogP contribution is 2.37. The van der Waals surface area contributed by atoms with E-state index in [0.717, 1.165) is 6.20 Å². The number of alkyl halides is 2. The Bertz CT molecular complexity index is 819. The van der Waals surface area contributed by atoms with E-state index in [4.69, 9.17) is 16.3 Å². The summed E-state index contributed by atoms with van der Waals surface area (Å²) < 4.78 is 48.0. The summed E-state index contributed by atoms with van der Waals surface area (Å²) in [6.45, 7) is -3.02. The molecule has 2 aromatic rings. The number of likely N-dealkylation sites (N-methyl/N-ethyl adjacent to an activating group) is 1. The molecule has 132 valence electrons. The number of amides is 1. The Morgan fingerprint density at radius 3 is 2.92 bits per heavy atom. The van der Waals surface area contributed by atoms with E-state index in [1.807, 2.05) is 0 Å². The zero-order valence-corrected chi connectivity index (χ0v) is 13.6. The first-order valence-electron chi connectivity index (χ1n) is 7.16. The van der Waals surface area contributed by atoms with Gasteiger partial charge >= 0.3 is 6.61 Å². The molecule has 1 atom stereocenters. The normalized spacial score (nSPS) is 15.7. The molecular formula is C16H12ClF3N2O3. The quantitative estimate of drug-likeness (QED) is 0.821. The largest absolute Gasteiger partial charge is 0.491 e. The second-order valence-corrected chi connectivity index (χ2v) is 5.75. The number of fused-ring (bicyclic) bond motifs is 1. The van der Waals surface area contributed by atoms with E-state index in [9.17, 15) is 18.0 Å². The molecule has 0 aliphatic carbocycles. The molecule has 5 nitrogen and oxygen atoms in total. The summed E-state index contributed by atoms with van der Waals surface area (Å²) in [5.74, 6) is -1.27. The topological polar surface area (TPSA) is 51.7 Å². The van der Waals surface area contributed by atoms with Gasteiger partial charge in [0.1, 0.15) is 23.7 Å². The molecule has 1 aliphatic rings. The van der Waals surface area contributed by atoms with Crippen LogP contribution >= 0.6 is 11.6 Å². The lowest BCUT2D eigenvalue weighted by Gasteiger charge is -2.24. The third kappa shape index (κ3) is 3.48. The number of nitrogens with zero attached hydrogens (tertiary/aromatic N) is 2. The maximum absolute atomic E-state index is 13.3. The van der Waals surface area contributed by atoms with Crippen molar-refractivity contribution in [3.63, 3.8) is 0 Å². The van der Waals surface area contributed by atoms with Crippen LogP contribution in [0.5, 0.6) is 11.6 Å². The molecule has 2 heterocycles. The lowest BCUT2D eigenvalue weighted by atomic mass is 10.1. The molecule has 1 unspecified atom stereocenters. The number of halogens is 4. The van der Waals surface area contributed by atoms with Gasteiger partial charge in [0.05, 0.1) is 11.1 Å². The third-order valence-electron chi connectivity index (χ3n) is 3.77. The molecule has 1 aromatic carbocycles. The Labute approximate surface area is 145 Å². The zero-order valence-electron chi connectivity index (χ0n) is 12.9. The predicted molar refractivity (Wildman–Crippen MR) is 82.6 cm³/mol. The standard InChI is InChI=1S/C16H12ClF3N2O3/c1-22(12-7-24-13-5-9(18)2-3-10(12)13)15(23)11-4-8(17)6-21-14(11)25-16(19)20/h2-6,12,16H,7H2,1H3. The molecule has 0 radical (unpaired) electrons. The number of hydrogen-bond acceptors (Lipinski definition) is 4. The number of pyridine rings is 1. The molecule has 0 fully saturated rings. The number of ether oxygens (including phenoxy) is 2. The van der Waals surface area contributed by atoms with Gasteiger partial charge in [-0.25, -0.2) is 9.37 Å². The van der Waals surface area contributed by atoms with Gasteiger partial charge in [0.15, 0.2) is 0 Å². The highest BCUT2D eigenvalue weighted by molar-refractivity contribution is 6.30. The first kappa shape index (κ1) is 17.3. The van der Waals surface area contributed by atoms with Gasteiger partial charge < -0.3 is 14.4 Å². The molecule has 3 rings (SSSR count). The van der Waals surface area contributed by atoms with E-state index in [1.54, 1.807) is 0 Å². The summed E-state index contributed by atoms with van der Waals surface area (Å²) in [7, 11) is 1.47. The highest BCUT2D eigenvalue weighted by Gasteiger charge is 2.32. The van der Waals surface area contributed by atoms with Crippen LogP contribution in [0.4, 0.5) is 13.2 Å². The van der Waals surface area contributed by atoms with Gasteiger partial charge in [-0.15, -0.1) is 0 Å². The Kier molecular flexibility index (Phi) is 4.71. The fourth-order valence-electron chi connectivity index (χ4n) is 2.58. The first-order valence-corrected chi connectivity index (χ1v) is 7.54.